The summed E-state index contributed by atoms with van der Waals surface area (Å²) >= 11 is 5.91. The monoisotopic (exact) mass is 431 g/mol. The largest absolute Gasteiger partial charge is 0.489 e. The molecule has 2 atom stereocenters. The standard InChI is InChI=1S/C20H22ClN5O4/c1-24-18(11-27)26(16-9-22-17(12-29-2)23-19(16)24)20(28)25-8-7-15(10-25)30-14-5-3-13(21)4-6-14/h3-6,9,11,15,18H,7-8,10,12H2,1-2H3/t15-,18?/m0/s1. The third-order valence-corrected chi connectivity index (χ3v) is 5.44. The molecule has 0 N–H and O–H groups in total. The topological polar surface area (TPSA) is 88.1 Å². The van der Waals surface area contributed by atoms with Gasteiger partial charge in [0.15, 0.2) is 24.1 Å². The van der Waals surface area contributed by atoms with Gasteiger partial charge in [0.2, 0.25) is 0 Å². The molecule has 1 fully saturated rings. The molecule has 0 radical (unpaired) electrons. The number of amides is 2. The summed E-state index contributed by atoms with van der Waals surface area (Å²) in [5, 5.41) is 0.637. The number of likely N-dealkylation sites (N-methyl/N-ethyl adjacent to an activating group) is 1. The van der Waals surface area contributed by atoms with Crippen molar-refractivity contribution in [1.82, 2.24) is 14.9 Å². The Morgan fingerprint density at radius 2 is 2.10 bits per heavy atom. The molecule has 2 amide bonds. The van der Waals surface area contributed by atoms with Crippen LogP contribution in [-0.2, 0) is 16.1 Å². The van der Waals surface area contributed by atoms with Gasteiger partial charge in [0, 0.05) is 32.1 Å². The van der Waals surface area contributed by atoms with Crippen molar-refractivity contribution in [3.8, 4) is 5.75 Å². The number of benzene rings is 1. The molecule has 3 heterocycles. The van der Waals surface area contributed by atoms with Crippen molar-refractivity contribution >= 4 is 35.4 Å². The number of ether oxygens (including phenoxy) is 2. The van der Waals surface area contributed by atoms with Crippen LogP contribution in [0.3, 0.4) is 0 Å². The first-order chi connectivity index (χ1) is 14.5. The van der Waals surface area contributed by atoms with E-state index in [1.54, 1.807) is 54.4 Å². The molecule has 158 valence electrons. The molecule has 1 saturated heterocycles. The van der Waals surface area contributed by atoms with Gasteiger partial charge < -0.3 is 19.3 Å². The van der Waals surface area contributed by atoms with Crippen LogP contribution in [0.5, 0.6) is 5.75 Å². The van der Waals surface area contributed by atoms with Crippen LogP contribution in [0, 0.1) is 0 Å². The van der Waals surface area contributed by atoms with Gasteiger partial charge in [0.05, 0.1) is 12.7 Å². The maximum Gasteiger partial charge on any atom is 0.326 e. The summed E-state index contributed by atoms with van der Waals surface area (Å²) in [7, 11) is 3.28. The maximum atomic E-state index is 13.3. The molecule has 9 nitrogen and oxygen atoms in total. The Kier molecular flexibility index (Phi) is 5.74. The number of methoxy groups -OCH3 is 1. The summed E-state index contributed by atoms with van der Waals surface area (Å²) in [5.41, 5.74) is 0.501. The highest BCUT2D eigenvalue weighted by Crippen LogP contribution is 2.37. The Morgan fingerprint density at radius 1 is 1.33 bits per heavy atom. The number of carbonyl (C=O) groups is 2. The van der Waals surface area contributed by atoms with E-state index in [4.69, 9.17) is 21.1 Å². The van der Waals surface area contributed by atoms with Gasteiger partial charge in [0.1, 0.15) is 24.1 Å². The van der Waals surface area contributed by atoms with E-state index in [0.29, 0.717) is 47.6 Å². The molecular weight excluding hydrogens is 410 g/mol. The van der Waals surface area contributed by atoms with E-state index < -0.39 is 6.17 Å². The first kappa shape index (κ1) is 20.4. The minimum atomic E-state index is -0.782. The van der Waals surface area contributed by atoms with Gasteiger partial charge in [-0.15, -0.1) is 0 Å². The fraction of sp³-hybridized carbons (Fsp3) is 0.400. The molecule has 4 rings (SSSR count). The average molecular weight is 432 g/mol. The Morgan fingerprint density at radius 3 is 2.80 bits per heavy atom. The number of fused-ring (bicyclic) bond motifs is 1. The lowest BCUT2D eigenvalue weighted by atomic mass is 10.3. The zero-order valence-corrected chi connectivity index (χ0v) is 17.5. The zero-order valence-electron chi connectivity index (χ0n) is 16.7. The van der Waals surface area contributed by atoms with E-state index in [-0.39, 0.29) is 18.7 Å². The fourth-order valence-corrected chi connectivity index (χ4v) is 3.82. The van der Waals surface area contributed by atoms with Gasteiger partial charge in [-0.3, -0.25) is 9.69 Å². The van der Waals surface area contributed by atoms with Crippen molar-refractivity contribution in [2.24, 2.45) is 0 Å². The number of aldehydes is 1. The van der Waals surface area contributed by atoms with Crippen molar-refractivity contribution in [3.63, 3.8) is 0 Å². The van der Waals surface area contributed by atoms with E-state index in [2.05, 4.69) is 9.97 Å². The van der Waals surface area contributed by atoms with Crippen LogP contribution >= 0.6 is 11.6 Å². The molecule has 0 saturated carbocycles. The van der Waals surface area contributed by atoms with Crippen LogP contribution < -0.4 is 14.5 Å². The summed E-state index contributed by atoms with van der Waals surface area (Å²) in [4.78, 5) is 38.6. The smallest absolute Gasteiger partial charge is 0.326 e. The quantitative estimate of drug-likeness (QED) is 0.671. The normalized spacial score (nSPS) is 20.4. The van der Waals surface area contributed by atoms with Crippen molar-refractivity contribution in [1.29, 1.82) is 0 Å². The van der Waals surface area contributed by atoms with Crippen LogP contribution in [0.1, 0.15) is 12.2 Å². The predicted molar refractivity (Wildman–Crippen MR) is 111 cm³/mol. The van der Waals surface area contributed by atoms with Crippen LogP contribution in [0.2, 0.25) is 5.02 Å². The van der Waals surface area contributed by atoms with Crippen LogP contribution in [0.25, 0.3) is 0 Å². The third-order valence-electron chi connectivity index (χ3n) is 5.19. The lowest BCUT2D eigenvalue weighted by Gasteiger charge is -2.28. The van der Waals surface area contributed by atoms with Gasteiger partial charge in [-0.25, -0.2) is 14.8 Å². The number of rotatable bonds is 5. The second-order valence-electron chi connectivity index (χ2n) is 7.17. The molecule has 2 aliphatic heterocycles. The summed E-state index contributed by atoms with van der Waals surface area (Å²) in [6.07, 6.45) is 2.07. The van der Waals surface area contributed by atoms with E-state index in [1.165, 1.54) is 4.90 Å². The molecule has 2 aromatic rings. The van der Waals surface area contributed by atoms with Crippen molar-refractivity contribution in [2.45, 2.75) is 25.3 Å². The highest BCUT2D eigenvalue weighted by atomic mass is 35.5. The maximum absolute atomic E-state index is 13.3. The predicted octanol–water partition coefficient (Wildman–Crippen LogP) is 2.33. The second kappa shape index (κ2) is 8.45. The van der Waals surface area contributed by atoms with Crippen LogP contribution in [0.4, 0.5) is 16.3 Å². The Labute approximate surface area is 179 Å². The number of likely N-dealkylation sites (tertiary alicyclic amines) is 1. The Bertz CT molecular complexity index is 941. The summed E-state index contributed by atoms with van der Waals surface area (Å²) in [5.74, 6) is 1.71. The summed E-state index contributed by atoms with van der Waals surface area (Å²) < 4.78 is 11.0. The molecule has 2 aliphatic rings. The van der Waals surface area contributed by atoms with Gasteiger partial charge in [-0.2, -0.15) is 0 Å². The van der Waals surface area contributed by atoms with Gasteiger partial charge in [-0.1, -0.05) is 11.6 Å². The molecule has 10 heteroatoms. The highest BCUT2D eigenvalue weighted by molar-refractivity contribution is 6.30. The lowest BCUT2D eigenvalue weighted by Crippen LogP contribution is -2.51. The van der Waals surface area contributed by atoms with E-state index in [9.17, 15) is 9.59 Å². The van der Waals surface area contributed by atoms with Gasteiger partial charge in [0.25, 0.3) is 0 Å². The first-order valence-electron chi connectivity index (χ1n) is 9.55. The molecule has 1 aromatic heterocycles. The minimum absolute atomic E-state index is 0.134. The third kappa shape index (κ3) is 3.78. The number of anilines is 2. The SMILES string of the molecule is COCc1ncc2c(n1)N(C)C(C=O)N2C(=O)N1CC[C@H](Oc2ccc(Cl)cc2)C1. The molecule has 1 aromatic carbocycles. The number of aromatic nitrogens is 2. The zero-order chi connectivity index (χ0) is 21.3. The number of hydrogen-bond acceptors (Lipinski definition) is 7. The van der Waals surface area contributed by atoms with E-state index >= 15 is 0 Å². The first-order valence-corrected chi connectivity index (χ1v) is 9.93. The summed E-state index contributed by atoms with van der Waals surface area (Å²) in [6, 6.07) is 6.85. The number of hydrogen-bond donors (Lipinski definition) is 0. The lowest BCUT2D eigenvalue weighted by molar-refractivity contribution is -0.108. The number of nitrogens with zero attached hydrogens (tertiary/aromatic N) is 5. The molecule has 30 heavy (non-hydrogen) atoms. The average Bonchev–Trinajstić information content (AvgIpc) is 3.32. The molecule has 1 unspecified atom stereocenters. The van der Waals surface area contributed by atoms with E-state index in [0.717, 1.165) is 6.29 Å². The number of halogens is 1. The summed E-state index contributed by atoms with van der Waals surface area (Å²) in [6.45, 7) is 1.20. The van der Waals surface area contributed by atoms with Crippen molar-refractivity contribution in [2.75, 3.05) is 37.0 Å². The second-order valence-corrected chi connectivity index (χ2v) is 7.61. The van der Waals surface area contributed by atoms with Crippen LogP contribution in [-0.4, -0.2) is 66.7 Å². The Hall–Kier alpha value is -2.91. The molecule has 0 bridgehead atoms. The van der Waals surface area contributed by atoms with Crippen molar-refractivity contribution < 1.29 is 19.1 Å². The van der Waals surface area contributed by atoms with Crippen LogP contribution in [0.15, 0.2) is 30.5 Å². The van der Waals surface area contributed by atoms with E-state index in [1.807, 2.05) is 0 Å². The molecule has 0 aliphatic carbocycles. The molecular formula is C20H22ClN5O4. The number of urea groups is 1. The minimum Gasteiger partial charge on any atom is -0.489 e. The fourth-order valence-electron chi connectivity index (χ4n) is 3.70. The van der Waals surface area contributed by atoms with Crippen molar-refractivity contribution in [3.05, 3.63) is 41.3 Å². The molecule has 0 spiro atoms. The Balaban J connectivity index is 1.50. The van der Waals surface area contributed by atoms with Gasteiger partial charge in [-0.05, 0) is 24.3 Å². The number of carbonyl (C=O) groups excluding carboxylic acids is 2. The highest BCUT2D eigenvalue weighted by Gasteiger charge is 2.42. The van der Waals surface area contributed by atoms with Gasteiger partial charge >= 0.3 is 6.03 Å².